The second-order valence-electron chi connectivity index (χ2n) is 4.38. The average molecular weight is 284 g/mol. The fourth-order valence-electron chi connectivity index (χ4n) is 1.80. The van der Waals surface area contributed by atoms with Crippen LogP contribution in [0, 0.1) is 0 Å². The van der Waals surface area contributed by atoms with Crippen molar-refractivity contribution in [1.29, 1.82) is 0 Å². The first-order valence-electron chi connectivity index (χ1n) is 6.25. The summed E-state index contributed by atoms with van der Waals surface area (Å²) in [4.78, 5) is 11.1. The lowest BCUT2D eigenvalue weighted by Crippen LogP contribution is -2.42. The Morgan fingerprint density at radius 3 is 2.32 bits per heavy atom. The van der Waals surface area contributed by atoms with Gasteiger partial charge in [-0.3, -0.25) is 4.79 Å². The van der Waals surface area contributed by atoms with Gasteiger partial charge in [-0.05, 0) is 43.0 Å². The molecule has 1 aromatic rings. The third-order valence-corrected chi connectivity index (χ3v) is 4.55. The van der Waals surface area contributed by atoms with Gasteiger partial charge in [0.2, 0.25) is 15.9 Å². The Labute approximate surface area is 114 Å². The molecule has 0 saturated carbocycles. The topological polar surface area (TPSA) is 89.3 Å². The Kier molecular flexibility index (Phi) is 5.08. The van der Waals surface area contributed by atoms with Crippen molar-refractivity contribution >= 4 is 15.9 Å². The Bertz CT molecular complexity index is 567. The van der Waals surface area contributed by atoms with E-state index < -0.39 is 22.0 Å². The minimum atomic E-state index is -3.71. The molecule has 6 heteroatoms. The number of aryl methyl sites for hydroxylation is 2. The maximum absolute atomic E-state index is 12.1. The minimum absolute atomic E-state index is 0.162. The number of carbonyl (C=O) groups is 1. The van der Waals surface area contributed by atoms with Gasteiger partial charge in [0.25, 0.3) is 0 Å². The third kappa shape index (κ3) is 3.78. The standard InChI is InChI=1S/C13H20N2O3S/c1-4-10-6-7-12(8-11(10)5-2)19(17,18)15-9(3)13(14)16/h6-9,15H,4-5H2,1-3H3,(H2,14,16)/t9-/m0/s1. The lowest BCUT2D eigenvalue weighted by atomic mass is 10.0. The van der Waals surface area contributed by atoms with Crippen molar-refractivity contribution in [2.75, 3.05) is 0 Å². The van der Waals surface area contributed by atoms with E-state index in [0.29, 0.717) is 0 Å². The number of sulfonamides is 1. The average Bonchev–Trinajstić information content (AvgIpc) is 2.37. The normalized spacial score (nSPS) is 13.2. The second kappa shape index (κ2) is 6.16. The number of rotatable bonds is 6. The molecule has 0 spiro atoms. The first-order valence-corrected chi connectivity index (χ1v) is 7.73. The first-order chi connectivity index (χ1) is 8.81. The van der Waals surface area contributed by atoms with Gasteiger partial charge in [0.15, 0.2) is 0 Å². The molecule has 1 atom stereocenters. The molecular weight excluding hydrogens is 264 g/mol. The number of benzene rings is 1. The fraction of sp³-hybridized carbons (Fsp3) is 0.462. The van der Waals surface area contributed by atoms with Gasteiger partial charge in [0.05, 0.1) is 10.9 Å². The quantitative estimate of drug-likeness (QED) is 0.815. The van der Waals surface area contributed by atoms with Crippen molar-refractivity contribution in [3.8, 4) is 0 Å². The summed E-state index contributed by atoms with van der Waals surface area (Å²) >= 11 is 0. The third-order valence-electron chi connectivity index (χ3n) is 3.01. The predicted molar refractivity (Wildman–Crippen MR) is 74.2 cm³/mol. The summed E-state index contributed by atoms with van der Waals surface area (Å²) < 4.78 is 26.5. The number of nitrogens with two attached hydrogens (primary N) is 1. The van der Waals surface area contributed by atoms with E-state index in [1.165, 1.54) is 6.92 Å². The highest BCUT2D eigenvalue weighted by Gasteiger charge is 2.20. The van der Waals surface area contributed by atoms with Crippen molar-refractivity contribution in [1.82, 2.24) is 4.72 Å². The molecule has 0 unspecified atom stereocenters. The van der Waals surface area contributed by atoms with Crippen molar-refractivity contribution in [3.05, 3.63) is 29.3 Å². The molecular formula is C13H20N2O3S. The fourth-order valence-corrected chi connectivity index (χ4v) is 3.06. The van der Waals surface area contributed by atoms with Crippen LogP contribution in [-0.4, -0.2) is 20.4 Å². The SMILES string of the molecule is CCc1ccc(S(=O)(=O)N[C@@H](C)C(N)=O)cc1CC. The van der Waals surface area contributed by atoms with Gasteiger partial charge in [-0.1, -0.05) is 19.9 Å². The Hall–Kier alpha value is -1.40. The lowest BCUT2D eigenvalue weighted by Gasteiger charge is -2.13. The highest BCUT2D eigenvalue weighted by atomic mass is 32.2. The van der Waals surface area contributed by atoms with Crippen LogP contribution in [0.15, 0.2) is 23.1 Å². The molecule has 19 heavy (non-hydrogen) atoms. The van der Waals surface area contributed by atoms with Gasteiger partial charge in [0.1, 0.15) is 0 Å². The molecule has 0 aliphatic rings. The Morgan fingerprint density at radius 1 is 1.26 bits per heavy atom. The molecule has 1 aromatic carbocycles. The molecule has 0 aromatic heterocycles. The molecule has 106 valence electrons. The van der Waals surface area contributed by atoms with Crippen LogP contribution in [0.3, 0.4) is 0 Å². The summed E-state index contributed by atoms with van der Waals surface area (Å²) in [5.41, 5.74) is 7.18. The van der Waals surface area contributed by atoms with E-state index >= 15 is 0 Å². The maximum Gasteiger partial charge on any atom is 0.241 e. The molecule has 1 rings (SSSR count). The van der Waals surface area contributed by atoms with E-state index in [1.807, 2.05) is 19.9 Å². The molecule has 0 heterocycles. The van der Waals surface area contributed by atoms with Gasteiger partial charge in [-0.2, -0.15) is 4.72 Å². The van der Waals surface area contributed by atoms with E-state index in [1.54, 1.807) is 12.1 Å². The molecule has 5 nitrogen and oxygen atoms in total. The van der Waals surface area contributed by atoms with Crippen LogP contribution in [0.2, 0.25) is 0 Å². The summed E-state index contributed by atoms with van der Waals surface area (Å²) in [6.07, 6.45) is 1.62. The minimum Gasteiger partial charge on any atom is -0.368 e. The van der Waals surface area contributed by atoms with Crippen LogP contribution >= 0.6 is 0 Å². The van der Waals surface area contributed by atoms with E-state index in [0.717, 1.165) is 24.0 Å². The van der Waals surface area contributed by atoms with Crippen molar-refractivity contribution in [2.45, 2.75) is 44.6 Å². The van der Waals surface area contributed by atoms with Crippen LogP contribution in [0.4, 0.5) is 0 Å². The molecule has 3 N–H and O–H groups in total. The molecule has 0 radical (unpaired) electrons. The van der Waals surface area contributed by atoms with Crippen LogP contribution in [0.5, 0.6) is 0 Å². The molecule has 0 aliphatic carbocycles. The summed E-state index contributed by atoms with van der Waals surface area (Å²) in [5.74, 6) is -0.704. The summed E-state index contributed by atoms with van der Waals surface area (Å²) in [6.45, 7) is 5.42. The smallest absolute Gasteiger partial charge is 0.241 e. The van der Waals surface area contributed by atoms with E-state index in [4.69, 9.17) is 5.73 Å². The zero-order chi connectivity index (χ0) is 14.6. The second-order valence-corrected chi connectivity index (χ2v) is 6.10. The summed E-state index contributed by atoms with van der Waals surface area (Å²) in [6, 6.07) is 4.08. The van der Waals surface area contributed by atoms with Crippen molar-refractivity contribution in [2.24, 2.45) is 5.73 Å². The van der Waals surface area contributed by atoms with Gasteiger partial charge < -0.3 is 5.73 Å². The van der Waals surface area contributed by atoms with Gasteiger partial charge in [-0.25, -0.2) is 8.42 Å². The largest absolute Gasteiger partial charge is 0.368 e. The van der Waals surface area contributed by atoms with E-state index in [2.05, 4.69) is 4.72 Å². The van der Waals surface area contributed by atoms with Crippen LogP contribution in [0.1, 0.15) is 31.9 Å². The zero-order valence-corrected chi connectivity index (χ0v) is 12.3. The first kappa shape index (κ1) is 15.7. The molecule has 1 amide bonds. The van der Waals surface area contributed by atoms with Gasteiger partial charge in [-0.15, -0.1) is 0 Å². The van der Waals surface area contributed by atoms with Crippen LogP contribution < -0.4 is 10.5 Å². The van der Waals surface area contributed by atoms with E-state index in [-0.39, 0.29) is 4.90 Å². The molecule has 0 aliphatic heterocycles. The van der Waals surface area contributed by atoms with Gasteiger partial charge >= 0.3 is 0 Å². The number of primary amides is 1. The van der Waals surface area contributed by atoms with E-state index in [9.17, 15) is 13.2 Å². The number of hydrogen-bond acceptors (Lipinski definition) is 3. The molecule has 0 fully saturated rings. The number of amides is 1. The van der Waals surface area contributed by atoms with Gasteiger partial charge in [0, 0.05) is 0 Å². The maximum atomic E-state index is 12.1. The Morgan fingerprint density at radius 2 is 1.84 bits per heavy atom. The van der Waals surface area contributed by atoms with Crippen molar-refractivity contribution in [3.63, 3.8) is 0 Å². The van der Waals surface area contributed by atoms with Crippen LogP contribution in [0.25, 0.3) is 0 Å². The molecule has 0 bridgehead atoms. The predicted octanol–water partition coefficient (Wildman–Crippen LogP) is 0.963. The summed E-state index contributed by atoms with van der Waals surface area (Å²) in [5, 5.41) is 0. The highest BCUT2D eigenvalue weighted by Crippen LogP contribution is 2.17. The number of carbonyl (C=O) groups excluding carboxylic acids is 1. The number of hydrogen-bond donors (Lipinski definition) is 2. The Balaban J connectivity index is 3.12. The van der Waals surface area contributed by atoms with Crippen molar-refractivity contribution < 1.29 is 13.2 Å². The monoisotopic (exact) mass is 284 g/mol. The van der Waals surface area contributed by atoms with Crippen LogP contribution in [-0.2, 0) is 27.7 Å². The summed E-state index contributed by atoms with van der Waals surface area (Å²) in [7, 11) is -3.71. The highest BCUT2D eigenvalue weighted by molar-refractivity contribution is 7.89. The molecule has 0 saturated heterocycles. The lowest BCUT2D eigenvalue weighted by molar-refractivity contribution is -0.119. The zero-order valence-electron chi connectivity index (χ0n) is 11.4. The number of nitrogens with one attached hydrogen (secondary N) is 1.